The summed E-state index contributed by atoms with van der Waals surface area (Å²) in [6, 6.07) is 8.37. The number of hydrogen-bond acceptors (Lipinski definition) is 4. The number of carbonyl (C=O) groups excluding carboxylic acids is 1. The number of carbonyl (C=O) groups is 1. The first-order chi connectivity index (χ1) is 9.79. The van der Waals surface area contributed by atoms with Crippen molar-refractivity contribution >= 4 is 17.2 Å². The first-order valence-corrected chi connectivity index (χ1v) is 7.74. The lowest BCUT2D eigenvalue weighted by molar-refractivity contribution is -0.122. The van der Waals surface area contributed by atoms with E-state index in [1.807, 2.05) is 18.2 Å². The van der Waals surface area contributed by atoms with Gasteiger partial charge in [-0.1, -0.05) is 6.07 Å². The number of amides is 1. The normalized spacial score (nSPS) is 14.7. The van der Waals surface area contributed by atoms with Gasteiger partial charge in [0.2, 0.25) is 5.91 Å². The summed E-state index contributed by atoms with van der Waals surface area (Å²) in [5.74, 6) is 0.997. The molecular formula is C15H18N2O2S. The molecule has 1 aliphatic rings. The van der Waals surface area contributed by atoms with Gasteiger partial charge in [-0.3, -0.25) is 9.69 Å². The largest absolute Gasteiger partial charge is 0.468 e. The Morgan fingerprint density at radius 1 is 1.35 bits per heavy atom. The van der Waals surface area contributed by atoms with E-state index in [1.165, 1.54) is 4.88 Å². The van der Waals surface area contributed by atoms with Crippen molar-refractivity contribution in [1.82, 2.24) is 10.2 Å². The van der Waals surface area contributed by atoms with Crippen molar-refractivity contribution in [3.63, 3.8) is 0 Å². The number of hydrogen-bond donors (Lipinski definition) is 1. The van der Waals surface area contributed by atoms with Crippen LogP contribution < -0.4 is 5.32 Å². The van der Waals surface area contributed by atoms with Crippen molar-refractivity contribution in [1.29, 1.82) is 0 Å². The molecule has 2 heterocycles. The maximum atomic E-state index is 12.0. The Labute approximate surface area is 122 Å². The zero-order valence-corrected chi connectivity index (χ0v) is 12.1. The van der Waals surface area contributed by atoms with Crippen molar-refractivity contribution in [3.05, 3.63) is 46.5 Å². The molecule has 1 saturated carbocycles. The second kappa shape index (κ2) is 6.24. The molecule has 0 aromatic carbocycles. The molecule has 20 heavy (non-hydrogen) atoms. The van der Waals surface area contributed by atoms with E-state index >= 15 is 0 Å². The number of thiophene rings is 1. The zero-order chi connectivity index (χ0) is 13.8. The summed E-state index contributed by atoms with van der Waals surface area (Å²) in [7, 11) is 0. The highest BCUT2D eigenvalue weighted by Gasteiger charge is 2.24. The third kappa shape index (κ3) is 3.95. The van der Waals surface area contributed by atoms with Gasteiger partial charge in [0.25, 0.3) is 0 Å². The number of furan rings is 1. The highest BCUT2D eigenvalue weighted by Crippen LogP contribution is 2.19. The van der Waals surface area contributed by atoms with E-state index in [1.54, 1.807) is 17.6 Å². The lowest BCUT2D eigenvalue weighted by Crippen LogP contribution is -2.37. The topological polar surface area (TPSA) is 45.5 Å². The van der Waals surface area contributed by atoms with E-state index in [0.717, 1.165) is 25.1 Å². The summed E-state index contributed by atoms with van der Waals surface area (Å²) < 4.78 is 5.39. The maximum absolute atomic E-state index is 12.0. The van der Waals surface area contributed by atoms with E-state index in [2.05, 4.69) is 21.7 Å². The van der Waals surface area contributed by atoms with Crippen LogP contribution in [-0.4, -0.2) is 23.4 Å². The second-order valence-electron chi connectivity index (χ2n) is 5.15. The molecular weight excluding hydrogens is 272 g/mol. The fourth-order valence-electron chi connectivity index (χ4n) is 2.12. The van der Waals surface area contributed by atoms with Crippen molar-refractivity contribution in [2.45, 2.75) is 32.0 Å². The molecule has 2 aromatic rings. The van der Waals surface area contributed by atoms with Crippen LogP contribution in [-0.2, 0) is 17.9 Å². The van der Waals surface area contributed by atoms with Crippen LogP contribution >= 0.6 is 11.3 Å². The predicted octanol–water partition coefficient (Wildman–Crippen LogP) is 2.62. The first kappa shape index (κ1) is 13.4. The van der Waals surface area contributed by atoms with Crippen LogP contribution in [0, 0.1) is 0 Å². The lowest BCUT2D eigenvalue weighted by Gasteiger charge is -2.20. The molecule has 0 saturated heterocycles. The Balaban J connectivity index is 1.60. The van der Waals surface area contributed by atoms with Gasteiger partial charge in [-0.05, 0) is 36.4 Å². The van der Waals surface area contributed by atoms with Crippen LogP contribution in [0.5, 0.6) is 0 Å². The zero-order valence-electron chi connectivity index (χ0n) is 11.2. The molecule has 1 N–H and O–H groups in total. The van der Waals surface area contributed by atoms with E-state index in [0.29, 0.717) is 19.1 Å². The van der Waals surface area contributed by atoms with Gasteiger partial charge in [0, 0.05) is 17.5 Å². The molecule has 0 spiro atoms. The molecule has 1 aliphatic carbocycles. The van der Waals surface area contributed by atoms with Crippen molar-refractivity contribution < 1.29 is 9.21 Å². The fourth-order valence-corrected chi connectivity index (χ4v) is 2.86. The van der Waals surface area contributed by atoms with Crippen LogP contribution in [0.15, 0.2) is 40.3 Å². The van der Waals surface area contributed by atoms with Crippen LogP contribution in [0.25, 0.3) is 0 Å². The van der Waals surface area contributed by atoms with Gasteiger partial charge in [0.05, 0.1) is 19.4 Å². The quantitative estimate of drug-likeness (QED) is 0.852. The monoisotopic (exact) mass is 290 g/mol. The van der Waals surface area contributed by atoms with Gasteiger partial charge >= 0.3 is 0 Å². The van der Waals surface area contributed by atoms with E-state index in [4.69, 9.17) is 4.42 Å². The molecule has 0 atom stereocenters. The molecule has 5 heteroatoms. The smallest absolute Gasteiger partial charge is 0.234 e. The maximum Gasteiger partial charge on any atom is 0.234 e. The summed E-state index contributed by atoms with van der Waals surface area (Å²) in [6.07, 6.45) is 3.91. The van der Waals surface area contributed by atoms with Crippen molar-refractivity contribution in [2.75, 3.05) is 6.54 Å². The number of rotatable bonds is 7. The average Bonchev–Trinajstić information content (AvgIpc) is 2.91. The molecule has 1 fully saturated rings. The summed E-state index contributed by atoms with van der Waals surface area (Å²) in [5, 5.41) is 5.10. The van der Waals surface area contributed by atoms with Crippen LogP contribution in [0.1, 0.15) is 23.5 Å². The standard InChI is InChI=1S/C15H18N2O2S/c18-15(16-12-5-6-12)11-17(9-13-3-1-7-19-13)10-14-4-2-8-20-14/h1-4,7-8,12H,5-6,9-11H2,(H,16,18). The summed E-state index contributed by atoms with van der Waals surface area (Å²) >= 11 is 1.71. The van der Waals surface area contributed by atoms with Crippen molar-refractivity contribution in [3.8, 4) is 0 Å². The molecule has 2 aromatic heterocycles. The molecule has 0 bridgehead atoms. The van der Waals surface area contributed by atoms with E-state index in [-0.39, 0.29) is 5.91 Å². The van der Waals surface area contributed by atoms with Gasteiger partial charge < -0.3 is 9.73 Å². The van der Waals surface area contributed by atoms with Crippen LogP contribution in [0.3, 0.4) is 0 Å². The highest BCUT2D eigenvalue weighted by molar-refractivity contribution is 7.09. The minimum absolute atomic E-state index is 0.107. The third-order valence-electron chi connectivity index (χ3n) is 3.23. The summed E-state index contributed by atoms with van der Waals surface area (Å²) in [4.78, 5) is 15.4. The molecule has 0 unspecified atom stereocenters. The Bertz CT molecular complexity index is 496. The first-order valence-electron chi connectivity index (χ1n) is 6.86. The summed E-state index contributed by atoms with van der Waals surface area (Å²) in [5.41, 5.74) is 0. The molecule has 3 rings (SSSR count). The molecule has 0 radical (unpaired) electrons. The van der Waals surface area contributed by atoms with Gasteiger partial charge in [-0.2, -0.15) is 0 Å². The Hall–Kier alpha value is -1.59. The lowest BCUT2D eigenvalue weighted by atomic mass is 10.3. The third-order valence-corrected chi connectivity index (χ3v) is 4.09. The Morgan fingerprint density at radius 3 is 2.90 bits per heavy atom. The summed E-state index contributed by atoms with van der Waals surface area (Å²) in [6.45, 7) is 1.84. The minimum Gasteiger partial charge on any atom is -0.468 e. The predicted molar refractivity (Wildman–Crippen MR) is 78.3 cm³/mol. The van der Waals surface area contributed by atoms with Gasteiger partial charge in [0.1, 0.15) is 5.76 Å². The van der Waals surface area contributed by atoms with Crippen LogP contribution in [0.4, 0.5) is 0 Å². The van der Waals surface area contributed by atoms with Gasteiger partial charge in [-0.25, -0.2) is 0 Å². The minimum atomic E-state index is 0.107. The average molecular weight is 290 g/mol. The van der Waals surface area contributed by atoms with E-state index in [9.17, 15) is 4.79 Å². The molecule has 4 nitrogen and oxygen atoms in total. The van der Waals surface area contributed by atoms with Crippen molar-refractivity contribution in [2.24, 2.45) is 0 Å². The fraction of sp³-hybridized carbons (Fsp3) is 0.400. The Kier molecular flexibility index (Phi) is 4.18. The van der Waals surface area contributed by atoms with Crippen LogP contribution in [0.2, 0.25) is 0 Å². The molecule has 1 amide bonds. The SMILES string of the molecule is O=C(CN(Cc1ccco1)Cc1cccs1)NC1CC1. The second-order valence-corrected chi connectivity index (χ2v) is 6.18. The van der Waals surface area contributed by atoms with E-state index < -0.39 is 0 Å². The van der Waals surface area contributed by atoms with Gasteiger partial charge in [0.15, 0.2) is 0 Å². The Morgan fingerprint density at radius 2 is 2.25 bits per heavy atom. The molecule has 0 aliphatic heterocycles. The highest BCUT2D eigenvalue weighted by atomic mass is 32.1. The number of nitrogens with one attached hydrogen (secondary N) is 1. The molecule has 106 valence electrons. The van der Waals surface area contributed by atoms with Gasteiger partial charge in [-0.15, -0.1) is 11.3 Å². The number of nitrogens with zero attached hydrogens (tertiary/aromatic N) is 1.